The van der Waals surface area contributed by atoms with E-state index in [2.05, 4.69) is 0 Å². The van der Waals surface area contributed by atoms with Crippen LogP contribution in [0.3, 0.4) is 0 Å². The van der Waals surface area contributed by atoms with Crippen LogP contribution in [-0.4, -0.2) is 0 Å². The zero-order valence-electron chi connectivity index (χ0n) is 6.88. The van der Waals surface area contributed by atoms with Gasteiger partial charge in [0.25, 0.3) is 6.43 Å². The lowest BCUT2D eigenvalue weighted by Crippen LogP contribution is -2.10. The second-order valence-corrected chi connectivity index (χ2v) is 3.09. The molecule has 0 amide bonds. The molecule has 7 heteroatoms. The number of alkyl halides is 5. The molecule has 1 aromatic rings. The van der Waals surface area contributed by atoms with Crippen molar-refractivity contribution in [2.75, 3.05) is 0 Å². The molecule has 0 spiro atoms. The lowest BCUT2D eigenvalue weighted by molar-refractivity contribution is -0.140. The van der Waals surface area contributed by atoms with Gasteiger partial charge in [0.15, 0.2) is 0 Å². The molecular weight excluding hydrogens is 246 g/mol. The summed E-state index contributed by atoms with van der Waals surface area (Å²) in [6.07, 6.45) is -8.39. The van der Waals surface area contributed by atoms with E-state index in [0.717, 1.165) is 0 Å². The Hall–Kier alpha value is -0.910. The van der Waals surface area contributed by atoms with Crippen LogP contribution in [0.15, 0.2) is 12.1 Å². The molecule has 0 N–H and O–H groups in total. The maximum absolute atomic E-state index is 12.9. The Bertz CT molecular complexity index is 370. The molecule has 0 aliphatic carbocycles. The molecule has 0 heterocycles. The zero-order chi connectivity index (χ0) is 11.8. The van der Waals surface area contributed by atoms with Crippen molar-refractivity contribution < 1.29 is 26.3 Å². The maximum atomic E-state index is 12.9. The molecule has 0 unspecified atom stereocenters. The van der Waals surface area contributed by atoms with Crippen molar-refractivity contribution in [3.8, 4) is 0 Å². The van der Waals surface area contributed by atoms with Crippen LogP contribution >= 0.6 is 11.6 Å². The van der Waals surface area contributed by atoms with Crippen molar-refractivity contribution in [1.29, 1.82) is 0 Å². The number of hydrogen-bond donors (Lipinski definition) is 0. The quantitative estimate of drug-likeness (QED) is 0.645. The van der Waals surface area contributed by atoms with E-state index < -0.39 is 34.6 Å². The van der Waals surface area contributed by atoms with Gasteiger partial charge >= 0.3 is 6.18 Å². The van der Waals surface area contributed by atoms with Gasteiger partial charge < -0.3 is 0 Å². The van der Waals surface area contributed by atoms with E-state index in [1.165, 1.54) is 0 Å². The summed E-state index contributed by atoms with van der Waals surface area (Å²) in [5.74, 6) is -1.98. The van der Waals surface area contributed by atoms with Crippen molar-refractivity contribution in [2.45, 2.75) is 12.6 Å². The van der Waals surface area contributed by atoms with Crippen LogP contribution in [0.25, 0.3) is 0 Å². The molecule has 1 rings (SSSR count). The maximum Gasteiger partial charge on any atom is 0.419 e. The minimum Gasteiger partial charge on any atom is -0.206 e. The normalized spacial score (nSPS) is 12.3. The fraction of sp³-hybridized carbons (Fsp3) is 0.250. The van der Waals surface area contributed by atoms with Gasteiger partial charge in [0.05, 0.1) is 11.1 Å². The van der Waals surface area contributed by atoms with Gasteiger partial charge in [0, 0.05) is 5.02 Å². The van der Waals surface area contributed by atoms with Crippen LogP contribution in [0.2, 0.25) is 5.02 Å². The number of halogens is 7. The third-order valence-corrected chi connectivity index (χ3v) is 1.82. The summed E-state index contributed by atoms with van der Waals surface area (Å²) in [6, 6.07) is 0.736. The monoisotopic (exact) mass is 248 g/mol. The Labute approximate surface area is 85.5 Å². The molecule has 0 atom stereocenters. The van der Waals surface area contributed by atoms with E-state index in [0.29, 0.717) is 6.07 Å². The van der Waals surface area contributed by atoms with Gasteiger partial charge in [-0.15, -0.1) is 0 Å². The van der Waals surface area contributed by atoms with E-state index in [-0.39, 0.29) is 6.07 Å². The van der Waals surface area contributed by atoms with Crippen LogP contribution in [0, 0.1) is 5.82 Å². The smallest absolute Gasteiger partial charge is 0.206 e. The molecule has 0 bridgehead atoms. The molecule has 84 valence electrons. The Morgan fingerprint density at radius 3 is 2.07 bits per heavy atom. The van der Waals surface area contributed by atoms with Gasteiger partial charge in [-0.1, -0.05) is 11.6 Å². The summed E-state index contributed by atoms with van der Waals surface area (Å²) in [7, 11) is 0. The third kappa shape index (κ3) is 2.56. The predicted octanol–water partition coefficient (Wildman–Crippen LogP) is 4.44. The van der Waals surface area contributed by atoms with Crippen LogP contribution < -0.4 is 0 Å². The lowest BCUT2D eigenvalue weighted by atomic mass is 10.1. The number of hydrogen-bond acceptors (Lipinski definition) is 0. The Balaban J connectivity index is 3.42. The fourth-order valence-corrected chi connectivity index (χ4v) is 1.20. The minimum absolute atomic E-state index is 0.267. The fourth-order valence-electron chi connectivity index (χ4n) is 0.975. The molecule has 0 aliphatic rings. The molecule has 0 aliphatic heterocycles. The van der Waals surface area contributed by atoms with E-state index in [1.807, 2.05) is 0 Å². The standard InChI is InChI=1S/C8H3ClF6/c9-3-1-4(7(11)12)6(10)5(2-3)8(13,14)15/h1-2,7H. The first-order valence-electron chi connectivity index (χ1n) is 3.57. The Morgan fingerprint density at radius 2 is 1.67 bits per heavy atom. The molecule has 0 nitrogen and oxygen atoms in total. The molecule has 0 aromatic heterocycles. The summed E-state index contributed by atoms with van der Waals surface area (Å²) >= 11 is 5.17. The van der Waals surface area contributed by atoms with Crippen molar-refractivity contribution >= 4 is 11.6 Å². The number of rotatable bonds is 1. The summed E-state index contributed by atoms with van der Waals surface area (Å²) in [5.41, 5.74) is -3.14. The second kappa shape index (κ2) is 3.92. The predicted molar refractivity (Wildman–Crippen MR) is 41.4 cm³/mol. The van der Waals surface area contributed by atoms with Crippen molar-refractivity contribution in [2.24, 2.45) is 0 Å². The van der Waals surface area contributed by atoms with Gasteiger partial charge in [-0.3, -0.25) is 0 Å². The van der Waals surface area contributed by atoms with Gasteiger partial charge in [0.2, 0.25) is 0 Å². The van der Waals surface area contributed by atoms with E-state index >= 15 is 0 Å². The SMILES string of the molecule is Fc1c(C(F)F)cc(Cl)cc1C(F)(F)F. The first-order chi connectivity index (χ1) is 6.73. The summed E-state index contributed by atoms with van der Waals surface area (Å²) in [6.45, 7) is 0. The molecule has 0 radical (unpaired) electrons. The van der Waals surface area contributed by atoms with Crippen LogP contribution in [0.5, 0.6) is 0 Å². The van der Waals surface area contributed by atoms with E-state index in [9.17, 15) is 26.3 Å². The van der Waals surface area contributed by atoms with Gasteiger partial charge in [-0.25, -0.2) is 13.2 Å². The van der Waals surface area contributed by atoms with Crippen molar-refractivity contribution in [3.05, 3.63) is 34.1 Å². The van der Waals surface area contributed by atoms with Gasteiger partial charge in [-0.2, -0.15) is 13.2 Å². The number of benzene rings is 1. The molecule has 0 saturated carbocycles. The molecule has 0 fully saturated rings. The van der Waals surface area contributed by atoms with Gasteiger partial charge in [-0.05, 0) is 12.1 Å². The first-order valence-corrected chi connectivity index (χ1v) is 3.95. The van der Waals surface area contributed by atoms with E-state index in [4.69, 9.17) is 11.6 Å². The van der Waals surface area contributed by atoms with Crippen molar-refractivity contribution in [3.63, 3.8) is 0 Å². The second-order valence-electron chi connectivity index (χ2n) is 2.66. The van der Waals surface area contributed by atoms with E-state index in [1.54, 1.807) is 0 Å². The van der Waals surface area contributed by atoms with Gasteiger partial charge in [0.1, 0.15) is 5.82 Å². The third-order valence-electron chi connectivity index (χ3n) is 1.61. The largest absolute Gasteiger partial charge is 0.419 e. The highest BCUT2D eigenvalue weighted by Gasteiger charge is 2.36. The van der Waals surface area contributed by atoms with Crippen LogP contribution in [0.4, 0.5) is 26.3 Å². The molecular formula is C8H3ClF6. The van der Waals surface area contributed by atoms with Crippen molar-refractivity contribution in [1.82, 2.24) is 0 Å². The molecule has 0 saturated heterocycles. The minimum atomic E-state index is -5.04. The average Bonchev–Trinajstić information content (AvgIpc) is 2.06. The highest BCUT2D eigenvalue weighted by Crippen LogP contribution is 2.37. The highest BCUT2D eigenvalue weighted by atomic mass is 35.5. The van der Waals surface area contributed by atoms with Crippen LogP contribution in [-0.2, 0) is 6.18 Å². The summed E-state index contributed by atoms with van der Waals surface area (Å²) in [5, 5.41) is -0.584. The van der Waals surface area contributed by atoms with Crippen LogP contribution in [0.1, 0.15) is 17.6 Å². The molecule has 15 heavy (non-hydrogen) atoms. The molecule has 1 aromatic carbocycles. The zero-order valence-corrected chi connectivity index (χ0v) is 7.63. The summed E-state index contributed by atoms with van der Waals surface area (Å²) in [4.78, 5) is 0. The highest BCUT2D eigenvalue weighted by molar-refractivity contribution is 6.30. The lowest BCUT2D eigenvalue weighted by Gasteiger charge is -2.11. The first kappa shape index (κ1) is 12.2. The summed E-state index contributed by atoms with van der Waals surface area (Å²) < 4.78 is 73.5. The average molecular weight is 249 g/mol. The topological polar surface area (TPSA) is 0 Å². The Morgan fingerprint density at radius 1 is 1.13 bits per heavy atom. The Kier molecular flexibility index (Phi) is 3.18.